The molecule has 0 bridgehead atoms. The van der Waals surface area contributed by atoms with E-state index in [4.69, 9.17) is 33.2 Å². The molecule has 3 fully saturated rings. The average Bonchev–Trinajstić information content (AvgIpc) is 3.78. The first-order valence-corrected chi connectivity index (χ1v) is 25.5. The zero-order chi connectivity index (χ0) is 53.5. The second-order valence-electron chi connectivity index (χ2n) is 21.6. The maximum atomic E-state index is 14.4. The number of nitrogens with zero attached hydrogens (tertiary/aromatic N) is 5. The number of carbonyl (C=O) groups is 2. The molecule has 5 rings (SSSR count). The van der Waals surface area contributed by atoms with Crippen LogP contribution in [0.2, 0.25) is 0 Å². The summed E-state index contributed by atoms with van der Waals surface area (Å²) in [6.45, 7) is 18.7. The summed E-state index contributed by atoms with van der Waals surface area (Å²) in [6, 6.07) is 4.28. The Kier molecular flexibility index (Phi) is 21.0. The van der Waals surface area contributed by atoms with E-state index in [1.807, 2.05) is 44.7 Å². The monoisotopic (exact) mass is 1020 g/mol. The number of hydrogen-bond donors (Lipinski definition) is 6. The summed E-state index contributed by atoms with van der Waals surface area (Å²) in [5.41, 5.74) is -3.34. The van der Waals surface area contributed by atoms with Gasteiger partial charge in [0.1, 0.15) is 42.4 Å². The minimum absolute atomic E-state index is 0.0144. The van der Waals surface area contributed by atoms with Gasteiger partial charge in [0.2, 0.25) is 0 Å². The van der Waals surface area contributed by atoms with Crippen molar-refractivity contribution in [3.63, 3.8) is 0 Å². The maximum absolute atomic E-state index is 14.4. The van der Waals surface area contributed by atoms with Crippen LogP contribution in [0.4, 0.5) is 14.9 Å². The van der Waals surface area contributed by atoms with E-state index < -0.39 is 114 Å². The third-order valence-corrected chi connectivity index (χ3v) is 15.3. The molecule has 3 aliphatic rings. The number of rotatable bonds is 15. The number of carbonyl (C=O) groups excluding carboxylic acids is 2. The average molecular weight is 1030 g/mol. The number of halogens is 1. The van der Waals surface area contributed by atoms with Gasteiger partial charge in [0.05, 0.1) is 66.5 Å². The molecule has 1 aromatic carbocycles. The van der Waals surface area contributed by atoms with Gasteiger partial charge in [-0.2, -0.15) is 0 Å². The number of ether oxygens (including phenoxy) is 7. The summed E-state index contributed by atoms with van der Waals surface area (Å²) in [7, 11) is 5.25. The van der Waals surface area contributed by atoms with Crippen LogP contribution in [0.25, 0.3) is 0 Å². The fourth-order valence-electron chi connectivity index (χ4n) is 10.9. The predicted octanol–water partition coefficient (Wildman–Crippen LogP) is 3.54. The lowest BCUT2D eigenvalue weighted by atomic mass is 9.77. The Balaban J connectivity index is 1.37. The molecule has 6 N–H and O–H groups in total. The highest BCUT2D eigenvalue weighted by Gasteiger charge is 2.52. The van der Waals surface area contributed by atoms with E-state index in [1.54, 1.807) is 52.4 Å². The molecule has 0 aliphatic carbocycles. The minimum Gasteiger partial charge on any atom is -0.459 e. The fraction of sp³-hybridized carbons (Fsp3) is 0.804. The lowest BCUT2D eigenvalue weighted by Crippen LogP contribution is -2.60. The van der Waals surface area contributed by atoms with Crippen LogP contribution in [-0.4, -0.2) is 200 Å². The number of nitrogens with one attached hydrogen (secondary N) is 1. The smallest absolute Gasteiger partial charge is 0.411 e. The van der Waals surface area contributed by atoms with E-state index in [9.17, 15) is 39.5 Å². The quantitative estimate of drug-likeness (QED) is 0.140. The Morgan fingerprint density at radius 1 is 1.01 bits per heavy atom. The molecular weight excluding hydrogens is 940 g/mol. The maximum Gasteiger partial charge on any atom is 0.411 e. The summed E-state index contributed by atoms with van der Waals surface area (Å²) < 4.78 is 58.1. The Morgan fingerprint density at radius 3 is 2.35 bits per heavy atom. The lowest BCUT2D eigenvalue weighted by molar-refractivity contribution is -0.301. The Morgan fingerprint density at radius 2 is 1.69 bits per heavy atom. The first-order valence-electron chi connectivity index (χ1n) is 25.5. The third-order valence-electron chi connectivity index (χ3n) is 15.3. The van der Waals surface area contributed by atoms with Gasteiger partial charge in [-0.15, -0.1) is 5.10 Å². The van der Waals surface area contributed by atoms with E-state index >= 15 is 0 Å². The van der Waals surface area contributed by atoms with E-state index in [0.29, 0.717) is 37.3 Å². The van der Waals surface area contributed by atoms with Gasteiger partial charge >= 0.3 is 12.1 Å². The van der Waals surface area contributed by atoms with Crippen molar-refractivity contribution in [2.24, 2.45) is 17.8 Å². The van der Waals surface area contributed by atoms with Gasteiger partial charge in [-0.3, -0.25) is 10.1 Å². The van der Waals surface area contributed by atoms with Crippen molar-refractivity contribution in [1.29, 1.82) is 0 Å². The van der Waals surface area contributed by atoms with Gasteiger partial charge in [0, 0.05) is 62.9 Å². The molecule has 21 heteroatoms. The van der Waals surface area contributed by atoms with Crippen molar-refractivity contribution in [2.75, 3.05) is 52.8 Å². The zero-order valence-electron chi connectivity index (χ0n) is 44.6. The molecule has 1 amide bonds. The van der Waals surface area contributed by atoms with Crippen molar-refractivity contribution >= 4 is 17.7 Å². The Labute approximate surface area is 424 Å². The van der Waals surface area contributed by atoms with Crippen molar-refractivity contribution in [3.8, 4) is 0 Å². The number of hydrogen-bond acceptors (Lipinski definition) is 18. The fourth-order valence-corrected chi connectivity index (χ4v) is 10.9. The normalized spacial score (nSPS) is 38.9. The number of aliphatic hydroxyl groups is 5. The molecule has 3 saturated heterocycles. The summed E-state index contributed by atoms with van der Waals surface area (Å²) in [5, 5.41) is 70.4. The summed E-state index contributed by atoms with van der Waals surface area (Å²) in [4.78, 5) is 30.6. The van der Waals surface area contributed by atoms with Crippen molar-refractivity contribution in [3.05, 3.63) is 42.0 Å². The summed E-state index contributed by atoms with van der Waals surface area (Å²) in [6.07, 6.45) is -6.79. The van der Waals surface area contributed by atoms with Crippen molar-refractivity contribution < 1.29 is 72.7 Å². The van der Waals surface area contributed by atoms with Gasteiger partial charge in [0.25, 0.3) is 0 Å². The molecule has 0 unspecified atom stereocenters. The standard InChI is InChI=1S/C51H85FN6O14/c1-14-40-51(10,65)43(60)33(6)57(12)26-29(2)24-49(8,64)45(31(4)42(32(5)46(62)71-40)68-28-38-25-50(9,66-13)44(61)34(7)70-38)72-47-41(59)39(23-30(3)69-47)56(11)20-19-37-27-58(55-54-37)21-22-67-48(63)53-36-17-15-35(52)16-18-36/h15-18,27,29-34,38-45,47,59-61,64-65H,14,19-26,28H2,1-13H3,(H,53,63)/t29-,30-,31+,32-,33-,34+,38-,39+,40-,41-,42+,43-,44+,45-,47+,49-,50-,51-/m1/s1. The van der Waals surface area contributed by atoms with Gasteiger partial charge in [-0.1, -0.05) is 26.0 Å². The minimum atomic E-state index is -1.84. The summed E-state index contributed by atoms with van der Waals surface area (Å²) >= 11 is 0. The number of esters is 1. The number of methoxy groups -OCH3 is 1. The second kappa shape index (κ2) is 25.4. The van der Waals surface area contributed by atoms with Crippen LogP contribution in [0.3, 0.4) is 0 Å². The van der Waals surface area contributed by atoms with E-state index in [-0.39, 0.29) is 51.0 Å². The number of cyclic esters (lactones) is 1. The molecule has 0 saturated carbocycles. The molecule has 0 spiro atoms. The SMILES string of the molecule is CC[C@H]1OC(=O)[C@H](C)[C@@H](OC[C@H]2C[C@@](C)(OC)[C@@H](O)[C@H](C)O2)[C@H](C)[C@@H](O[C@@H]2O[C@H](C)C[C@H](N(C)CCc3cn(CCOC(=O)Nc4ccc(F)cc4)nn3)[C@H]2O)[C@](C)(O)C[C@@H](C)CN(C)[C@H](C)[C@@H](O)[C@]1(C)O. The predicted molar refractivity (Wildman–Crippen MR) is 263 cm³/mol. The number of aromatic nitrogens is 3. The van der Waals surface area contributed by atoms with Crippen LogP contribution in [0.1, 0.15) is 101 Å². The third kappa shape index (κ3) is 14.9. The van der Waals surface area contributed by atoms with Crippen LogP contribution in [-0.2, 0) is 50.9 Å². The second-order valence-corrected chi connectivity index (χ2v) is 21.6. The molecule has 3 aliphatic heterocycles. The first-order chi connectivity index (χ1) is 33.7. The molecule has 4 heterocycles. The van der Waals surface area contributed by atoms with Crippen molar-refractivity contribution in [2.45, 2.75) is 198 Å². The molecule has 0 radical (unpaired) electrons. The van der Waals surface area contributed by atoms with Gasteiger partial charge < -0.3 is 68.5 Å². The number of aliphatic hydroxyl groups excluding tert-OH is 3. The molecule has 1 aromatic heterocycles. The summed E-state index contributed by atoms with van der Waals surface area (Å²) in [5.74, 6) is -3.14. The van der Waals surface area contributed by atoms with Crippen LogP contribution in [0.5, 0.6) is 0 Å². The van der Waals surface area contributed by atoms with Crippen LogP contribution >= 0.6 is 0 Å². The van der Waals surface area contributed by atoms with E-state index in [0.717, 1.165) is 0 Å². The largest absolute Gasteiger partial charge is 0.459 e. The highest BCUT2D eigenvalue weighted by molar-refractivity contribution is 5.84. The number of anilines is 1. The van der Waals surface area contributed by atoms with Crippen LogP contribution in [0.15, 0.2) is 30.5 Å². The topological polar surface area (TPSA) is 249 Å². The number of likely N-dealkylation sites (N-methyl/N-ethyl adjacent to an activating group) is 2. The van der Waals surface area contributed by atoms with E-state index in [1.165, 1.54) is 38.3 Å². The molecule has 20 nitrogen and oxygen atoms in total. The molecule has 410 valence electrons. The molecule has 72 heavy (non-hydrogen) atoms. The zero-order valence-corrected chi connectivity index (χ0v) is 44.6. The van der Waals surface area contributed by atoms with Gasteiger partial charge in [-0.25, -0.2) is 13.9 Å². The molecule has 18 atom stereocenters. The molecular formula is C51H85FN6O14. The first kappa shape index (κ1) is 59.4. The van der Waals surface area contributed by atoms with E-state index in [2.05, 4.69) is 15.6 Å². The molecule has 2 aromatic rings. The lowest BCUT2D eigenvalue weighted by Gasteiger charge is -2.48. The van der Waals surface area contributed by atoms with Gasteiger partial charge in [0.15, 0.2) is 6.29 Å². The van der Waals surface area contributed by atoms with Crippen molar-refractivity contribution in [1.82, 2.24) is 24.8 Å². The highest BCUT2D eigenvalue weighted by atomic mass is 19.1. The Hall–Kier alpha value is -3.45. The van der Waals surface area contributed by atoms with Crippen LogP contribution < -0.4 is 5.32 Å². The number of amides is 1. The number of benzene rings is 1. The Bertz CT molecular complexity index is 2020. The highest BCUT2D eigenvalue weighted by Crippen LogP contribution is 2.39. The van der Waals surface area contributed by atoms with Crippen LogP contribution in [0, 0.1) is 23.6 Å². The van der Waals surface area contributed by atoms with Gasteiger partial charge in [-0.05, 0) is 112 Å².